The van der Waals surface area contributed by atoms with Crippen LogP contribution in [0, 0.1) is 6.92 Å². The maximum absolute atomic E-state index is 12.3. The number of carbonyl (C=O) groups is 1. The number of aryl methyl sites for hydroxylation is 3. The fourth-order valence-corrected chi connectivity index (χ4v) is 1.82. The van der Waals surface area contributed by atoms with Crippen LogP contribution in [0.4, 0.5) is 0 Å². The van der Waals surface area contributed by atoms with E-state index < -0.39 is 0 Å². The van der Waals surface area contributed by atoms with Crippen LogP contribution in [0.1, 0.15) is 34.1 Å². The minimum Gasteiger partial charge on any atom is -0.288 e. The summed E-state index contributed by atoms with van der Waals surface area (Å²) >= 11 is 0. The minimum absolute atomic E-state index is 0.00819. The first-order chi connectivity index (χ1) is 8.11. The average molecular weight is 229 g/mol. The molecule has 0 aliphatic heterocycles. The third-order valence-corrected chi connectivity index (χ3v) is 2.62. The Bertz CT molecular complexity index is 558. The van der Waals surface area contributed by atoms with Gasteiger partial charge in [0.1, 0.15) is 0 Å². The zero-order chi connectivity index (χ0) is 12.4. The van der Waals surface area contributed by atoms with Gasteiger partial charge >= 0.3 is 0 Å². The molecule has 0 unspecified atom stereocenters. The van der Waals surface area contributed by atoms with Crippen molar-refractivity contribution in [3.05, 3.63) is 47.0 Å². The number of rotatable bonds is 3. The molecule has 0 aromatic carbocycles. The number of nitrogens with zero attached hydrogens (tertiary/aromatic N) is 3. The largest absolute Gasteiger partial charge is 0.288 e. The van der Waals surface area contributed by atoms with E-state index in [0.717, 1.165) is 17.7 Å². The molecule has 2 aromatic heterocycles. The summed E-state index contributed by atoms with van der Waals surface area (Å²) in [5, 5.41) is 4.27. The van der Waals surface area contributed by atoms with Crippen molar-refractivity contribution < 1.29 is 4.79 Å². The van der Waals surface area contributed by atoms with Gasteiger partial charge in [-0.15, -0.1) is 0 Å². The molecular formula is C13H15N3O. The normalized spacial score (nSPS) is 10.5. The SMILES string of the molecule is CCc1nn(C)cc1C(=O)c1cncc(C)c1. The Morgan fingerprint density at radius 2 is 2.18 bits per heavy atom. The number of hydrogen-bond acceptors (Lipinski definition) is 3. The Morgan fingerprint density at radius 1 is 1.41 bits per heavy atom. The van der Waals surface area contributed by atoms with Crippen molar-refractivity contribution in [2.45, 2.75) is 20.3 Å². The highest BCUT2D eigenvalue weighted by atomic mass is 16.1. The van der Waals surface area contributed by atoms with Crippen LogP contribution in [-0.2, 0) is 13.5 Å². The molecule has 0 amide bonds. The number of ketones is 1. The lowest BCUT2D eigenvalue weighted by molar-refractivity contribution is 0.103. The summed E-state index contributed by atoms with van der Waals surface area (Å²) in [4.78, 5) is 16.3. The topological polar surface area (TPSA) is 47.8 Å². The zero-order valence-corrected chi connectivity index (χ0v) is 10.3. The summed E-state index contributed by atoms with van der Waals surface area (Å²) in [5.74, 6) is -0.00819. The van der Waals surface area contributed by atoms with Gasteiger partial charge in [-0.2, -0.15) is 5.10 Å². The Labute approximate surface area is 100 Å². The van der Waals surface area contributed by atoms with Crippen LogP contribution in [0.3, 0.4) is 0 Å². The summed E-state index contributed by atoms with van der Waals surface area (Å²) in [6.07, 6.45) is 5.85. The van der Waals surface area contributed by atoms with Gasteiger partial charge in [-0.3, -0.25) is 14.5 Å². The molecule has 88 valence electrons. The maximum atomic E-state index is 12.3. The Morgan fingerprint density at radius 3 is 2.82 bits per heavy atom. The van der Waals surface area contributed by atoms with E-state index >= 15 is 0 Å². The molecule has 0 spiro atoms. The number of aromatic nitrogens is 3. The summed E-state index contributed by atoms with van der Waals surface area (Å²) < 4.78 is 1.68. The average Bonchev–Trinajstić information content (AvgIpc) is 2.69. The first-order valence-corrected chi connectivity index (χ1v) is 5.60. The first kappa shape index (κ1) is 11.5. The molecule has 0 radical (unpaired) electrons. The Kier molecular flexibility index (Phi) is 3.04. The summed E-state index contributed by atoms with van der Waals surface area (Å²) in [6.45, 7) is 3.92. The maximum Gasteiger partial charge on any atom is 0.198 e. The molecule has 0 N–H and O–H groups in total. The van der Waals surface area contributed by atoms with Crippen molar-refractivity contribution in [3.63, 3.8) is 0 Å². The molecule has 17 heavy (non-hydrogen) atoms. The van der Waals surface area contributed by atoms with E-state index in [4.69, 9.17) is 0 Å². The molecule has 0 saturated heterocycles. The molecule has 4 nitrogen and oxygen atoms in total. The van der Waals surface area contributed by atoms with Gasteiger partial charge in [0.25, 0.3) is 0 Å². The molecule has 0 atom stereocenters. The molecule has 2 heterocycles. The second-order valence-corrected chi connectivity index (χ2v) is 4.10. The van der Waals surface area contributed by atoms with Gasteiger partial charge < -0.3 is 0 Å². The monoisotopic (exact) mass is 229 g/mol. The van der Waals surface area contributed by atoms with E-state index in [1.807, 2.05) is 27.0 Å². The quantitative estimate of drug-likeness (QED) is 0.755. The van der Waals surface area contributed by atoms with Gasteiger partial charge in [0.15, 0.2) is 5.78 Å². The lowest BCUT2D eigenvalue weighted by Gasteiger charge is -2.00. The van der Waals surface area contributed by atoms with E-state index in [0.29, 0.717) is 11.1 Å². The van der Waals surface area contributed by atoms with Crippen LogP contribution in [0.5, 0.6) is 0 Å². The second kappa shape index (κ2) is 4.49. The van der Waals surface area contributed by atoms with Crippen LogP contribution < -0.4 is 0 Å². The van der Waals surface area contributed by atoms with E-state index in [9.17, 15) is 4.79 Å². The highest BCUT2D eigenvalue weighted by Crippen LogP contribution is 2.14. The fourth-order valence-electron chi connectivity index (χ4n) is 1.82. The lowest BCUT2D eigenvalue weighted by atomic mass is 10.0. The van der Waals surface area contributed by atoms with Gasteiger partial charge in [-0.05, 0) is 25.0 Å². The standard InChI is InChI=1S/C13H15N3O/c1-4-12-11(8-16(3)15-12)13(17)10-5-9(2)6-14-7-10/h5-8H,4H2,1-3H3. The number of pyridine rings is 1. The van der Waals surface area contributed by atoms with Crippen molar-refractivity contribution in [1.29, 1.82) is 0 Å². The lowest BCUT2D eigenvalue weighted by Crippen LogP contribution is -2.04. The third kappa shape index (κ3) is 2.25. The van der Waals surface area contributed by atoms with E-state index in [-0.39, 0.29) is 5.78 Å². The van der Waals surface area contributed by atoms with E-state index in [1.54, 1.807) is 23.3 Å². The highest BCUT2D eigenvalue weighted by Gasteiger charge is 2.16. The van der Waals surface area contributed by atoms with E-state index in [1.165, 1.54) is 0 Å². The first-order valence-electron chi connectivity index (χ1n) is 5.60. The van der Waals surface area contributed by atoms with E-state index in [2.05, 4.69) is 10.1 Å². The zero-order valence-electron chi connectivity index (χ0n) is 10.3. The Hall–Kier alpha value is -1.97. The molecule has 0 saturated carbocycles. The molecule has 0 fully saturated rings. The predicted molar refractivity (Wildman–Crippen MR) is 65.0 cm³/mol. The van der Waals surface area contributed by atoms with Crippen LogP contribution >= 0.6 is 0 Å². The number of hydrogen-bond donors (Lipinski definition) is 0. The van der Waals surface area contributed by atoms with Crippen LogP contribution in [0.25, 0.3) is 0 Å². The molecular weight excluding hydrogens is 214 g/mol. The summed E-state index contributed by atoms with van der Waals surface area (Å²) in [6, 6.07) is 1.85. The van der Waals surface area contributed by atoms with Crippen LogP contribution in [-0.4, -0.2) is 20.5 Å². The van der Waals surface area contributed by atoms with Crippen molar-refractivity contribution in [2.75, 3.05) is 0 Å². The summed E-state index contributed by atoms with van der Waals surface area (Å²) in [7, 11) is 1.82. The minimum atomic E-state index is -0.00819. The van der Waals surface area contributed by atoms with Gasteiger partial charge in [-0.1, -0.05) is 6.92 Å². The van der Waals surface area contributed by atoms with Crippen molar-refractivity contribution >= 4 is 5.78 Å². The fraction of sp³-hybridized carbons (Fsp3) is 0.308. The Balaban J connectivity index is 2.43. The van der Waals surface area contributed by atoms with Crippen LogP contribution in [0.15, 0.2) is 24.7 Å². The van der Waals surface area contributed by atoms with Gasteiger partial charge in [0, 0.05) is 31.2 Å². The van der Waals surface area contributed by atoms with Crippen molar-refractivity contribution in [2.24, 2.45) is 7.05 Å². The molecule has 2 rings (SSSR count). The smallest absolute Gasteiger partial charge is 0.198 e. The molecule has 0 aliphatic rings. The van der Waals surface area contributed by atoms with Crippen LogP contribution in [0.2, 0.25) is 0 Å². The molecule has 0 aliphatic carbocycles. The van der Waals surface area contributed by atoms with Crippen molar-refractivity contribution in [1.82, 2.24) is 14.8 Å². The van der Waals surface area contributed by atoms with Gasteiger partial charge in [0.2, 0.25) is 0 Å². The van der Waals surface area contributed by atoms with Gasteiger partial charge in [0.05, 0.1) is 11.3 Å². The van der Waals surface area contributed by atoms with Crippen molar-refractivity contribution in [3.8, 4) is 0 Å². The highest BCUT2D eigenvalue weighted by molar-refractivity contribution is 6.09. The molecule has 2 aromatic rings. The van der Waals surface area contributed by atoms with Gasteiger partial charge in [-0.25, -0.2) is 0 Å². The second-order valence-electron chi connectivity index (χ2n) is 4.10. The molecule has 4 heteroatoms. The number of carbonyl (C=O) groups excluding carboxylic acids is 1. The predicted octanol–water partition coefficient (Wildman–Crippen LogP) is 1.92. The third-order valence-electron chi connectivity index (χ3n) is 2.62. The molecule has 0 bridgehead atoms. The summed E-state index contributed by atoms with van der Waals surface area (Å²) in [5.41, 5.74) is 3.10.